The highest BCUT2D eigenvalue weighted by Gasteiger charge is 2.16. The highest BCUT2D eigenvalue weighted by atomic mass is 16.5. The lowest BCUT2D eigenvalue weighted by Crippen LogP contribution is -2.12. The van der Waals surface area contributed by atoms with Crippen molar-refractivity contribution in [1.82, 2.24) is 0 Å². The molecule has 3 nitrogen and oxygen atoms in total. The van der Waals surface area contributed by atoms with Gasteiger partial charge in [-0.3, -0.25) is 0 Å². The van der Waals surface area contributed by atoms with Crippen LogP contribution in [0.1, 0.15) is 23.1 Å². The fraction of sp³-hybridized carbons (Fsp3) is 0.462. The Hall–Kier alpha value is -1.37. The van der Waals surface area contributed by atoms with Gasteiger partial charge in [0, 0.05) is 6.61 Å². The van der Waals surface area contributed by atoms with Crippen LogP contribution >= 0.6 is 0 Å². The minimum absolute atomic E-state index is 0.232. The van der Waals surface area contributed by atoms with E-state index in [-0.39, 0.29) is 6.10 Å². The van der Waals surface area contributed by atoms with E-state index in [1.54, 1.807) is 0 Å². The Bertz CT molecular complexity index is 403. The molecule has 0 spiro atoms. The predicted octanol–water partition coefficient (Wildman–Crippen LogP) is 2.17. The molecule has 0 radical (unpaired) electrons. The summed E-state index contributed by atoms with van der Waals surface area (Å²) in [5.74, 6) is 0. The van der Waals surface area contributed by atoms with Gasteiger partial charge in [0.15, 0.2) is 0 Å². The van der Waals surface area contributed by atoms with Crippen molar-refractivity contribution in [3.05, 3.63) is 34.9 Å². The van der Waals surface area contributed by atoms with Crippen molar-refractivity contribution in [1.29, 1.82) is 5.26 Å². The first-order valence-electron chi connectivity index (χ1n) is 5.48. The maximum absolute atomic E-state index is 8.76. The third kappa shape index (κ3) is 2.60. The van der Waals surface area contributed by atoms with E-state index in [9.17, 15) is 0 Å². The smallest absolute Gasteiger partial charge is 0.0991 e. The van der Waals surface area contributed by atoms with E-state index in [1.807, 2.05) is 25.1 Å². The van der Waals surface area contributed by atoms with Crippen molar-refractivity contribution in [2.24, 2.45) is 0 Å². The average Bonchev–Trinajstić information content (AvgIpc) is 2.80. The lowest BCUT2D eigenvalue weighted by atomic mass is 10.1. The Balaban J connectivity index is 1.96. The molecule has 0 amide bonds. The second-order valence-corrected chi connectivity index (χ2v) is 4.05. The van der Waals surface area contributed by atoms with Crippen LogP contribution in [0.3, 0.4) is 0 Å². The number of benzene rings is 1. The summed E-state index contributed by atoms with van der Waals surface area (Å²) < 4.78 is 11.0. The molecule has 1 atom stereocenters. The second-order valence-electron chi connectivity index (χ2n) is 4.05. The van der Waals surface area contributed by atoms with E-state index >= 15 is 0 Å². The summed E-state index contributed by atoms with van der Waals surface area (Å²) in [4.78, 5) is 0. The van der Waals surface area contributed by atoms with Gasteiger partial charge < -0.3 is 9.47 Å². The monoisotopic (exact) mass is 217 g/mol. The molecule has 0 aromatic heterocycles. The molecule has 0 N–H and O–H groups in total. The van der Waals surface area contributed by atoms with Crippen LogP contribution in [-0.4, -0.2) is 19.3 Å². The fourth-order valence-electron chi connectivity index (χ4n) is 1.78. The molecular formula is C13H15NO2. The lowest BCUT2D eigenvalue weighted by Gasteiger charge is -2.11. The fourth-order valence-corrected chi connectivity index (χ4v) is 1.78. The number of ether oxygens (including phenoxy) is 2. The number of nitriles is 1. The van der Waals surface area contributed by atoms with Gasteiger partial charge in [0.05, 0.1) is 31.0 Å². The van der Waals surface area contributed by atoms with Crippen LogP contribution in [0.25, 0.3) is 0 Å². The third-order valence-electron chi connectivity index (χ3n) is 2.83. The average molecular weight is 217 g/mol. The summed E-state index contributed by atoms with van der Waals surface area (Å²) in [6.45, 7) is 4.11. The molecule has 3 heteroatoms. The summed E-state index contributed by atoms with van der Waals surface area (Å²) in [6, 6.07) is 7.82. The van der Waals surface area contributed by atoms with Crippen LogP contribution in [0.15, 0.2) is 18.2 Å². The molecule has 1 aliphatic heterocycles. The van der Waals surface area contributed by atoms with Crippen LogP contribution in [0.5, 0.6) is 0 Å². The maximum Gasteiger partial charge on any atom is 0.0991 e. The van der Waals surface area contributed by atoms with E-state index in [4.69, 9.17) is 14.7 Å². The number of aryl methyl sites for hydroxylation is 1. The zero-order chi connectivity index (χ0) is 11.4. The first-order chi connectivity index (χ1) is 7.79. The summed E-state index contributed by atoms with van der Waals surface area (Å²) in [7, 11) is 0. The standard InChI is InChI=1S/C13H15NO2/c1-10-6-11(7-14)2-3-12(10)8-16-13-4-5-15-9-13/h2-3,6,13H,4-5,8-9H2,1H3. The Morgan fingerprint density at radius 2 is 2.44 bits per heavy atom. The van der Waals surface area contributed by atoms with Crippen molar-refractivity contribution in [3.8, 4) is 6.07 Å². The molecule has 1 unspecified atom stereocenters. The zero-order valence-electron chi connectivity index (χ0n) is 9.40. The molecule has 1 heterocycles. The van der Waals surface area contributed by atoms with Gasteiger partial charge >= 0.3 is 0 Å². The van der Waals surface area contributed by atoms with Gasteiger partial charge in [-0.15, -0.1) is 0 Å². The Kier molecular flexibility index (Phi) is 3.55. The second kappa shape index (κ2) is 5.11. The molecule has 2 rings (SSSR count). The van der Waals surface area contributed by atoms with Gasteiger partial charge in [0.1, 0.15) is 0 Å². The number of hydrogen-bond acceptors (Lipinski definition) is 3. The van der Waals surface area contributed by atoms with Crippen LogP contribution in [-0.2, 0) is 16.1 Å². The quantitative estimate of drug-likeness (QED) is 0.779. The number of rotatable bonds is 3. The molecule has 1 aromatic rings. The van der Waals surface area contributed by atoms with E-state index in [2.05, 4.69) is 6.07 Å². The van der Waals surface area contributed by atoms with Gasteiger partial charge in [-0.05, 0) is 36.6 Å². The minimum atomic E-state index is 0.232. The van der Waals surface area contributed by atoms with Gasteiger partial charge in [0.25, 0.3) is 0 Å². The van der Waals surface area contributed by atoms with Crippen molar-refractivity contribution in [3.63, 3.8) is 0 Å². The molecule has 1 aromatic carbocycles. The van der Waals surface area contributed by atoms with E-state index in [0.29, 0.717) is 18.8 Å². The minimum Gasteiger partial charge on any atom is -0.379 e. The van der Waals surface area contributed by atoms with E-state index < -0.39 is 0 Å². The predicted molar refractivity (Wildman–Crippen MR) is 59.9 cm³/mol. The zero-order valence-corrected chi connectivity index (χ0v) is 9.40. The summed E-state index contributed by atoms with van der Waals surface area (Å²) in [6.07, 6.45) is 1.21. The molecule has 0 bridgehead atoms. The molecule has 1 aliphatic rings. The molecule has 16 heavy (non-hydrogen) atoms. The van der Waals surface area contributed by atoms with Crippen molar-refractivity contribution < 1.29 is 9.47 Å². The molecule has 1 fully saturated rings. The maximum atomic E-state index is 8.76. The Labute approximate surface area is 95.6 Å². The van der Waals surface area contributed by atoms with Gasteiger partial charge in [0.2, 0.25) is 0 Å². The largest absolute Gasteiger partial charge is 0.379 e. The highest BCUT2D eigenvalue weighted by Crippen LogP contribution is 2.15. The normalized spacial score (nSPS) is 19.6. The van der Waals surface area contributed by atoms with E-state index in [0.717, 1.165) is 24.2 Å². The summed E-state index contributed by atoms with van der Waals surface area (Å²) in [5.41, 5.74) is 2.95. The van der Waals surface area contributed by atoms with Gasteiger partial charge in [-0.2, -0.15) is 5.26 Å². The Morgan fingerprint density at radius 3 is 3.06 bits per heavy atom. The van der Waals surface area contributed by atoms with E-state index in [1.165, 1.54) is 0 Å². The topological polar surface area (TPSA) is 42.2 Å². The molecular weight excluding hydrogens is 202 g/mol. The van der Waals surface area contributed by atoms with Crippen LogP contribution in [0.2, 0.25) is 0 Å². The van der Waals surface area contributed by atoms with Crippen molar-refractivity contribution in [2.75, 3.05) is 13.2 Å². The summed E-state index contributed by atoms with van der Waals surface area (Å²) in [5, 5.41) is 8.76. The first kappa shape index (κ1) is 11.1. The number of nitrogens with zero attached hydrogens (tertiary/aromatic N) is 1. The molecule has 1 saturated heterocycles. The van der Waals surface area contributed by atoms with Crippen LogP contribution in [0, 0.1) is 18.3 Å². The Morgan fingerprint density at radius 1 is 1.56 bits per heavy atom. The molecule has 84 valence electrons. The first-order valence-corrected chi connectivity index (χ1v) is 5.48. The molecule has 0 aliphatic carbocycles. The van der Waals surface area contributed by atoms with Crippen molar-refractivity contribution >= 4 is 0 Å². The third-order valence-corrected chi connectivity index (χ3v) is 2.83. The lowest BCUT2D eigenvalue weighted by molar-refractivity contribution is 0.0315. The summed E-state index contributed by atoms with van der Waals surface area (Å²) >= 11 is 0. The van der Waals surface area contributed by atoms with Crippen LogP contribution < -0.4 is 0 Å². The van der Waals surface area contributed by atoms with Crippen molar-refractivity contribution in [2.45, 2.75) is 26.1 Å². The van der Waals surface area contributed by atoms with Gasteiger partial charge in [-0.1, -0.05) is 6.07 Å². The number of hydrogen-bond donors (Lipinski definition) is 0. The SMILES string of the molecule is Cc1cc(C#N)ccc1COC1CCOC1. The van der Waals surface area contributed by atoms with Gasteiger partial charge in [-0.25, -0.2) is 0 Å². The van der Waals surface area contributed by atoms with Crippen LogP contribution in [0.4, 0.5) is 0 Å². The highest BCUT2D eigenvalue weighted by molar-refractivity contribution is 5.37. The molecule has 0 saturated carbocycles.